The molecule has 0 bridgehead atoms. The second-order valence-electron chi connectivity index (χ2n) is 1.83. The summed E-state index contributed by atoms with van der Waals surface area (Å²) in [6.45, 7) is 8.40. The first-order chi connectivity index (χ1) is 6.33. The first-order valence-electron chi connectivity index (χ1n) is 4.77. The summed E-state index contributed by atoms with van der Waals surface area (Å²) < 4.78 is 12.3. The molecule has 1 aromatic rings. The quantitative estimate of drug-likeness (QED) is 0.713. The highest BCUT2D eigenvalue weighted by atomic mass is 19.1. The largest absolute Gasteiger partial charge is 0.326 e. The Kier molecular flexibility index (Phi) is 12.5. The fourth-order valence-electron chi connectivity index (χ4n) is 0.664. The number of hydrogen-bond acceptors (Lipinski definition) is 1. The van der Waals surface area contributed by atoms with E-state index in [1.807, 2.05) is 27.7 Å². The van der Waals surface area contributed by atoms with Gasteiger partial charge in [-0.2, -0.15) is 0 Å². The van der Waals surface area contributed by atoms with Crippen LogP contribution in [0.1, 0.15) is 33.3 Å². The van der Waals surface area contributed by atoms with Crippen molar-refractivity contribution in [1.29, 1.82) is 0 Å². The van der Waals surface area contributed by atoms with E-state index in [9.17, 15) is 4.39 Å². The molecule has 0 radical (unpaired) electrons. The topological polar surface area (TPSA) is 26.0 Å². The van der Waals surface area contributed by atoms with Crippen molar-refractivity contribution in [2.45, 2.75) is 34.2 Å². The predicted octanol–water partition coefficient (Wildman–Crippen LogP) is 3.34. The molecule has 0 aliphatic rings. The second-order valence-corrected chi connectivity index (χ2v) is 1.83. The molecule has 2 heteroatoms. The van der Waals surface area contributed by atoms with Crippen LogP contribution in [0.25, 0.3) is 0 Å². The molecule has 0 aliphatic heterocycles. The molecule has 13 heavy (non-hydrogen) atoms. The number of benzene rings is 1. The normalized spacial score (nSPS) is 7.54. The van der Waals surface area contributed by atoms with E-state index in [1.54, 1.807) is 12.1 Å². The van der Waals surface area contributed by atoms with E-state index in [2.05, 4.69) is 0 Å². The molecule has 0 unspecified atom stereocenters. The Morgan fingerprint density at radius 3 is 2.00 bits per heavy atom. The highest BCUT2D eigenvalue weighted by Gasteiger charge is 1.89. The van der Waals surface area contributed by atoms with Crippen molar-refractivity contribution >= 4 is 0 Å². The lowest BCUT2D eigenvalue weighted by molar-refractivity contribution is 0.625. The molecule has 0 saturated heterocycles. The molecule has 0 aliphatic carbocycles. The van der Waals surface area contributed by atoms with Crippen LogP contribution in [0, 0.1) is 5.82 Å². The lowest BCUT2D eigenvalue weighted by atomic mass is 10.2. The second kappa shape index (κ2) is 11.1. The highest BCUT2D eigenvalue weighted by Crippen LogP contribution is 2.00. The standard InChI is InChI=1S/C7H8FN.2C2H6/c8-7-3-1-2-6(4-7)5-9;2*1-2/h1-4H,5,9H2;2*1-2H3. The fraction of sp³-hybridized carbons (Fsp3) is 0.455. The third-order valence-corrected chi connectivity index (χ3v) is 1.12. The molecule has 1 nitrogen and oxygen atoms in total. The molecule has 0 atom stereocenters. The zero-order valence-electron chi connectivity index (χ0n) is 8.97. The third kappa shape index (κ3) is 7.47. The van der Waals surface area contributed by atoms with Crippen LogP contribution >= 0.6 is 0 Å². The van der Waals surface area contributed by atoms with Crippen LogP contribution in [-0.2, 0) is 6.54 Å². The van der Waals surface area contributed by atoms with Crippen molar-refractivity contribution < 1.29 is 4.39 Å². The van der Waals surface area contributed by atoms with Gasteiger partial charge in [-0.25, -0.2) is 4.39 Å². The Labute approximate surface area is 80.8 Å². The lowest BCUT2D eigenvalue weighted by Gasteiger charge is -1.92. The van der Waals surface area contributed by atoms with E-state index >= 15 is 0 Å². The molecular weight excluding hydrogens is 165 g/mol. The maximum Gasteiger partial charge on any atom is 0.123 e. The van der Waals surface area contributed by atoms with Gasteiger partial charge in [0.05, 0.1) is 0 Å². The number of halogens is 1. The first-order valence-corrected chi connectivity index (χ1v) is 4.77. The van der Waals surface area contributed by atoms with Gasteiger partial charge in [0.1, 0.15) is 5.82 Å². The molecule has 0 spiro atoms. The van der Waals surface area contributed by atoms with Crippen molar-refractivity contribution in [2.75, 3.05) is 0 Å². The summed E-state index contributed by atoms with van der Waals surface area (Å²) in [4.78, 5) is 0. The summed E-state index contributed by atoms with van der Waals surface area (Å²) in [5.74, 6) is -0.224. The summed E-state index contributed by atoms with van der Waals surface area (Å²) in [7, 11) is 0. The average molecular weight is 185 g/mol. The Morgan fingerprint density at radius 2 is 1.69 bits per heavy atom. The minimum Gasteiger partial charge on any atom is -0.326 e. The van der Waals surface area contributed by atoms with Gasteiger partial charge < -0.3 is 5.73 Å². The molecule has 0 heterocycles. The monoisotopic (exact) mass is 185 g/mol. The van der Waals surface area contributed by atoms with E-state index in [4.69, 9.17) is 5.73 Å². The van der Waals surface area contributed by atoms with Gasteiger partial charge in [-0.15, -0.1) is 0 Å². The van der Waals surface area contributed by atoms with Crippen LogP contribution in [0.15, 0.2) is 24.3 Å². The van der Waals surface area contributed by atoms with Crippen LogP contribution in [0.4, 0.5) is 4.39 Å². The van der Waals surface area contributed by atoms with Gasteiger partial charge in [-0.3, -0.25) is 0 Å². The van der Waals surface area contributed by atoms with Crippen LogP contribution < -0.4 is 5.73 Å². The average Bonchev–Trinajstić information content (AvgIpc) is 2.24. The van der Waals surface area contributed by atoms with Crippen LogP contribution in [0.2, 0.25) is 0 Å². The number of nitrogens with two attached hydrogens (primary N) is 1. The molecule has 0 amide bonds. The minimum atomic E-state index is -0.224. The zero-order chi connectivity index (χ0) is 10.7. The van der Waals surface area contributed by atoms with E-state index in [1.165, 1.54) is 12.1 Å². The smallest absolute Gasteiger partial charge is 0.123 e. The summed E-state index contributed by atoms with van der Waals surface area (Å²) in [6, 6.07) is 6.28. The van der Waals surface area contributed by atoms with Gasteiger partial charge in [0, 0.05) is 6.54 Å². The molecule has 2 N–H and O–H groups in total. The van der Waals surface area contributed by atoms with Crippen molar-refractivity contribution in [2.24, 2.45) is 5.73 Å². The Morgan fingerprint density at radius 1 is 1.15 bits per heavy atom. The van der Waals surface area contributed by atoms with Crippen molar-refractivity contribution in [3.8, 4) is 0 Å². The van der Waals surface area contributed by atoms with Crippen molar-refractivity contribution in [1.82, 2.24) is 0 Å². The predicted molar refractivity (Wildman–Crippen MR) is 57.0 cm³/mol. The van der Waals surface area contributed by atoms with Crippen molar-refractivity contribution in [3.63, 3.8) is 0 Å². The van der Waals surface area contributed by atoms with Gasteiger partial charge in [0.15, 0.2) is 0 Å². The Bertz CT molecular complexity index is 199. The number of rotatable bonds is 1. The summed E-state index contributed by atoms with van der Waals surface area (Å²) >= 11 is 0. The van der Waals surface area contributed by atoms with E-state index in [0.29, 0.717) is 6.54 Å². The van der Waals surface area contributed by atoms with Gasteiger partial charge in [-0.1, -0.05) is 39.8 Å². The zero-order valence-corrected chi connectivity index (χ0v) is 8.97. The molecule has 76 valence electrons. The van der Waals surface area contributed by atoms with Crippen LogP contribution in [-0.4, -0.2) is 0 Å². The van der Waals surface area contributed by atoms with Crippen LogP contribution in [0.3, 0.4) is 0 Å². The van der Waals surface area contributed by atoms with Gasteiger partial charge >= 0.3 is 0 Å². The van der Waals surface area contributed by atoms with E-state index < -0.39 is 0 Å². The lowest BCUT2D eigenvalue weighted by Crippen LogP contribution is -1.95. The molecule has 1 aromatic carbocycles. The molecule has 0 aromatic heterocycles. The maximum atomic E-state index is 12.3. The van der Waals surface area contributed by atoms with Crippen molar-refractivity contribution in [3.05, 3.63) is 35.6 Å². The van der Waals surface area contributed by atoms with Crippen LogP contribution in [0.5, 0.6) is 0 Å². The summed E-state index contributed by atoms with van der Waals surface area (Å²) in [5.41, 5.74) is 6.08. The minimum absolute atomic E-state index is 0.224. The van der Waals surface area contributed by atoms with E-state index in [-0.39, 0.29) is 5.82 Å². The maximum absolute atomic E-state index is 12.3. The fourth-order valence-corrected chi connectivity index (χ4v) is 0.664. The number of hydrogen-bond donors (Lipinski definition) is 1. The SMILES string of the molecule is CC.CC.NCc1cccc(F)c1. The first kappa shape index (κ1) is 14.6. The molecule has 0 saturated carbocycles. The highest BCUT2D eigenvalue weighted by molar-refractivity contribution is 5.15. The molecule has 0 fully saturated rings. The summed E-state index contributed by atoms with van der Waals surface area (Å²) in [5, 5.41) is 0. The summed E-state index contributed by atoms with van der Waals surface area (Å²) in [6.07, 6.45) is 0. The third-order valence-electron chi connectivity index (χ3n) is 1.12. The Hall–Kier alpha value is -0.890. The van der Waals surface area contributed by atoms with E-state index in [0.717, 1.165) is 5.56 Å². The molecule has 1 rings (SSSR count). The van der Waals surface area contributed by atoms with Gasteiger partial charge in [0.2, 0.25) is 0 Å². The van der Waals surface area contributed by atoms with Gasteiger partial charge in [-0.05, 0) is 17.7 Å². The van der Waals surface area contributed by atoms with Gasteiger partial charge in [0.25, 0.3) is 0 Å². The Balaban J connectivity index is 0. The molecular formula is C11H20FN.